The van der Waals surface area contributed by atoms with Gasteiger partial charge in [-0.25, -0.2) is 4.98 Å². The molecule has 4 aromatic rings. The van der Waals surface area contributed by atoms with E-state index >= 15 is 0 Å². The average Bonchev–Trinajstić information content (AvgIpc) is 3.07. The highest BCUT2D eigenvalue weighted by Crippen LogP contribution is 2.34. The van der Waals surface area contributed by atoms with Gasteiger partial charge in [0.25, 0.3) is 0 Å². The van der Waals surface area contributed by atoms with Gasteiger partial charge in [0.15, 0.2) is 0 Å². The van der Waals surface area contributed by atoms with Crippen molar-refractivity contribution < 1.29 is 9.47 Å². The molecule has 0 amide bonds. The number of aryl methyl sites for hydroxylation is 2. The minimum atomic E-state index is 0.755. The van der Waals surface area contributed by atoms with Gasteiger partial charge in [-0.2, -0.15) is 5.10 Å². The molecule has 0 spiro atoms. The summed E-state index contributed by atoms with van der Waals surface area (Å²) in [6.07, 6.45) is 2.81. The fraction of sp³-hybridized carbons (Fsp3) is 0.320. The van der Waals surface area contributed by atoms with E-state index in [-0.39, 0.29) is 0 Å². The van der Waals surface area contributed by atoms with Gasteiger partial charge in [0.1, 0.15) is 11.5 Å². The molecule has 0 bridgehead atoms. The maximum absolute atomic E-state index is 5.48. The number of benzene rings is 2. The number of fused-ring (bicyclic) bond motifs is 1. The second-order valence-electron chi connectivity index (χ2n) is 7.82. The van der Waals surface area contributed by atoms with Gasteiger partial charge < -0.3 is 14.4 Å². The summed E-state index contributed by atoms with van der Waals surface area (Å²) in [6.45, 7) is 7.06. The molecule has 0 aliphatic rings. The zero-order valence-electron chi connectivity index (χ0n) is 19.5. The fourth-order valence-electron chi connectivity index (χ4n) is 4.01. The third kappa shape index (κ3) is 3.98. The molecule has 0 aliphatic carbocycles. The van der Waals surface area contributed by atoms with Crippen LogP contribution < -0.4 is 14.4 Å². The molecule has 0 fully saturated rings. The summed E-state index contributed by atoms with van der Waals surface area (Å²) in [4.78, 5) is 11.9. The molecule has 0 N–H and O–H groups in total. The minimum Gasteiger partial charge on any atom is -0.497 e. The Labute approximate surface area is 188 Å². The largest absolute Gasteiger partial charge is 0.497 e. The number of hydrogen-bond donors (Lipinski definition) is 0. The van der Waals surface area contributed by atoms with E-state index < -0.39 is 0 Å². The molecule has 2 aromatic heterocycles. The summed E-state index contributed by atoms with van der Waals surface area (Å²) in [7, 11) is 5.28. The number of hydrogen-bond acceptors (Lipinski definition) is 6. The highest BCUT2D eigenvalue weighted by Gasteiger charge is 2.16. The molecule has 0 saturated heterocycles. The van der Waals surface area contributed by atoms with Crippen LogP contribution in [0.2, 0.25) is 0 Å². The van der Waals surface area contributed by atoms with Crippen molar-refractivity contribution in [2.75, 3.05) is 25.7 Å². The molecule has 7 heteroatoms. The first-order chi connectivity index (χ1) is 15.4. The molecular formula is C25H29N5O2. The van der Waals surface area contributed by atoms with Gasteiger partial charge in [0.05, 0.1) is 42.8 Å². The predicted molar refractivity (Wildman–Crippen MR) is 128 cm³/mol. The van der Waals surface area contributed by atoms with E-state index in [0.717, 1.165) is 69.5 Å². The number of methoxy groups -OCH3 is 2. The van der Waals surface area contributed by atoms with Crippen LogP contribution in [0.15, 0.2) is 42.6 Å². The summed E-state index contributed by atoms with van der Waals surface area (Å²) in [6, 6.07) is 12.1. The molecule has 0 radical (unpaired) electrons. The van der Waals surface area contributed by atoms with Crippen molar-refractivity contribution in [3.05, 3.63) is 54.0 Å². The van der Waals surface area contributed by atoms with Gasteiger partial charge in [-0.05, 0) is 38.5 Å². The number of ether oxygens (including phenoxy) is 2. The number of rotatable bonds is 7. The molecule has 0 aliphatic heterocycles. The molecule has 0 unspecified atom stereocenters. The molecule has 2 aromatic carbocycles. The van der Waals surface area contributed by atoms with Gasteiger partial charge in [-0.3, -0.25) is 9.67 Å². The molecule has 4 rings (SSSR count). The van der Waals surface area contributed by atoms with Crippen LogP contribution in [0, 0.1) is 13.8 Å². The van der Waals surface area contributed by atoms with E-state index in [0.29, 0.717) is 0 Å². The molecule has 0 atom stereocenters. The Bertz CT molecular complexity index is 1240. The normalized spacial score (nSPS) is 11.1. The number of anilines is 2. The monoisotopic (exact) mass is 431 g/mol. The first-order valence-corrected chi connectivity index (χ1v) is 10.7. The first kappa shape index (κ1) is 21.6. The average molecular weight is 432 g/mol. The summed E-state index contributed by atoms with van der Waals surface area (Å²) in [5.41, 5.74) is 7.65. The second-order valence-corrected chi connectivity index (χ2v) is 7.82. The van der Waals surface area contributed by atoms with E-state index in [4.69, 9.17) is 14.5 Å². The van der Waals surface area contributed by atoms with Crippen LogP contribution in [0.4, 0.5) is 11.4 Å². The molecular weight excluding hydrogens is 402 g/mol. The first-order valence-electron chi connectivity index (χ1n) is 10.7. The van der Waals surface area contributed by atoms with E-state index in [1.165, 1.54) is 0 Å². The smallest absolute Gasteiger partial charge is 0.124 e. The SMILES string of the molecule is CCCN(c1cc(OC)cc(OC)c1)c1ccc2ncc(-c3c(C)nn(C)c3C)nc2c1. The van der Waals surface area contributed by atoms with Crippen molar-refractivity contribution in [3.63, 3.8) is 0 Å². The van der Waals surface area contributed by atoms with E-state index in [1.54, 1.807) is 14.2 Å². The second kappa shape index (κ2) is 8.86. The van der Waals surface area contributed by atoms with Crippen molar-refractivity contribution in [2.45, 2.75) is 27.2 Å². The molecule has 0 saturated carbocycles. The Balaban J connectivity index is 1.82. The zero-order chi connectivity index (χ0) is 22.8. The van der Waals surface area contributed by atoms with Gasteiger partial charge in [-0.1, -0.05) is 6.92 Å². The molecule has 32 heavy (non-hydrogen) atoms. The Morgan fingerprint density at radius 1 is 0.938 bits per heavy atom. The van der Waals surface area contributed by atoms with Crippen LogP contribution in [0.5, 0.6) is 11.5 Å². The number of aromatic nitrogens is 4. The summed E-state index contributed by atoms with van der Waals surface area (Å²) in [5.74, 6) is 1.51. The van der Waals surface area contributed by atoms with Crippen molar-refractivity contribution in [1.82, 2.24) is 19.7 Å². The topological polar surface area (TPSA) is 65.3 Å². The lowest BCUT2D eigenvalue weighted by atomic mass is 10.1. The Morgan fingerprint density at radius 2 is 1.66 bits per heavy atom. The lowest BCUT2D eigenvalue weighted by Crippen LogP contribution is -2.18. The zero-order valence-corrected chi connectivity index (χ0v) is 19.5. The van der Waals surface area contributed by atoms with E-state index in [1.807, 2.05) is 49.1 Å². The van der Waals surface area contributed by atoms with Crippen LogP contribution in [0.1, 0.15) is 24.7 Å². The Morgan fingerprint density at radius 3 is 2.25 bits per heavy atom. The summed E-state index contributed by atoms with van der Waals surface area (Å²) in [5, 5.41) is 4.53. The maximum Gasteiger partial charge on any atom is 0.124 e. The van der Waals surface area contributed by atoms with Crippen LogP contribution in [0.25, 0.3) is 22.3 Å². The highest BCUT2D eigenvalue weighted by atomic mass is 16.5. The van der Waals surface area contributed by atoms with Crippen LogP contribution in [0.3, 0.4) is 0 Å². The van der Waals surface area contributed by atoms with Crippen LogP contribution in [-0.4, -0.2) is 40.5 Å². The van der Waals surface area contributed by atoms with Crippen molar-refractivity contribution in [2.24, 2.45) is 7.05 Å². The maximum atomic E-state index is 5.48. The minimum absolute atomic E-state index is 0.755. The van der Waals surface area contributed by atoms with Crippen molar-refractivity contribution in [1.29, 1.82) is 0 Å². The third-order valence-electron chi connectivity index (χ3n) is 5.70. The van der Waals surface area contributed by atoms with E-state index in [9.17, 15) is 0 Å². The standard InChI is InChI=1S/C25H29N5O2/c1-7-10-30(19-11-20(31-5)14-21(12-19)32-6)18-8-9-22-23(13-18)27-24(15-26-22)25-16(2)28-29(4)17(25)3/h8-9,11-15H,7,10H2,1-6H3. The number of nitrogens with zero attached hydrogens (tertiary/aromatic N) is 5. The van der Waals surface area contributed by atoms with E-state index in [2.05, 4.69) is 41.0 Å². The quantitative estimate of drug-likeness (QED) is 0.400. The lowest BCUT2D eigenvalue weighted by Gasteiger charge is -2.25. The third-order valence-corrected chi connectivity index (χ3v) is 5.70. The lowest BCUT2D eigenvalue weighted by molar-refractivity contribution is 0.394. The van der Waals surface area contributed by atoms with Gasteiger partial charge in [-0.15, -0.1) is 0 Å². The summed E-state index contributed by atoms with van der Waals surface area (Å²) >= 11 is 0. The van der Waals surface area contributed by atoms with Crippen molar-refractivity contribution in [3.8, 4) is 22.8 Å². The van der Waals surface area contributed by atoms with Gasteiger partial charge >= 0.3 is 0 Å². The molecule has 7 nitrogen and oxygen atoms in total. The predicted octanol–water partition coefficient (Wildman–Crippen LogP) is 5.21. The molecule has 2 heterocycles. The van der Waals surface area contributed by atoms with Gasteiger partial charge in [0.2, 0.25) is 0 Å². The van der Waals surface area contributed by atoms with Crippen LogP contribution in [-0.2, 0) is 7.05 Å². The molecule has 166 valence electrons. The fourth-order valence-corrected chi connectivity index (χ4v) is 4.01. The highest BCUT2D eigenvalue weighted by molar-refractivity contribution is 5.83. The Hall–Kier alpha value is -3.61. The van der Waals surface area contributed by atoms with Crippen molar-refractivity contribution >= 4 is 22.4 Å². The van der Waals surface area contributed by atoms with Gasteiger partial charge in [0, 0.05) is 54.4 Å². The van der Waals surface area contributed by atoms with Crippen LogP contribution >= 0.6 is 0 Å². The summed E-state index contributed by atoms with van der Waals surface area (Å²) < 4.78 is 12.8. The Kier molecular flexibility index (Phi) is 5.99.